The van der Waals surface area contributed by atoms with Crippen molar-refractivity contribution < 1.29 is 33.3 Å². The number of halogens is 3. The highest BCUT2D eigenvalue weighted by Gasteiger charge is 2.21. The van der Waals surface area contributed by atoms with Gasteiger partial charge in [-0.15, -0.1) is 11.3 Å². The zero-order valence-electron chi connectivity index (χ0n) is 24.9. The number of carbonyl (C=O) groups excluding carboxylic acids is 3. The molecule has 5 aromatic rings. The Morgan fingerprint density at radius 2 is 1.51 bits per heavy atom. The summed E-state index contributed by atoms with van der Waals surface area (Å²) < 4.78 is 23.0. The van der Waals surface area contributed by atoms with E-state index in [2.05, 4.69) is 31.8 Å². The number of nitrogens with one attached hydrogen (secondary N) is 2. The van der Waals surface area contributed by atoms with Crippen LogP contribution >= 0.6 is 50.5 Å². The van der Waals surface area contributed by atoms with E-state index in [0.717, 1.165) is 4.70 Å². The van der Waals surface area contributed by atoms with Crippen LogP contribution in [0.25, 0.3) is 10.1 Å². The summed E-state index contributed by atoms with van der Waals surface area (Å²) >= 11 is 17.1. The number of benzene rings is 4. The molecule has 0 radical (unpaired) electrons. The Morgan fingerprint density at radius 3 is 2.17 bits per heavy atom. The van der Waals surface area contributed by atoms with E-state index in [1.165, 1.54) is 63.1 Å². The molecule has 0 fully saturated rings. The number of fused-ring (bicyclic) bond motifs is 1. The lowest BCUT2D eigenvalue weighted by Crippen LogP contribution is -2.18. The number of amides is 2. The number of carbonyl (C=O) groups is 3. The summed E-state index contributed by atoms with van der Waals surface area (Å²) in [5.41, 5.74) is 3.88. The highest BCUT2D eigenvalue weighted by atomic mass is 79.9. The highest BCUT2D eigenvalue weighted by Crippen LogP contribution is 2.39. The van der Waals surface area contributed by atoms with Crippen LogP contribution in [0.1, 0.15) is 36.0 Å². The van der Waals surface area contributed by atoms with E-state index in [1.54, 1.807) is 48.5 Å². The molecular weight excluding hydrogens is 733 g/mol. The molecule has 0 unspecified atom stereocenters. The maximum absolute atomic E-state index is 13.1. The fourth-order valence-corrected chi connectivity index (χ4v) is 6.41. The van der Waals surface area contributed by atoms with Gasteiger partial charge in [-0.2, -0.15) is 5.10 Å². The first-order valence-corrected chi connectivity index (χ1v) is 15.9. The second-order valence-electron chi connectivity index (χ2n) is 9.60. The first-order valence-electron chi connectivity index (χ1n) is 13.6. The molecule has 1 aromatic heterocycles. The van der Waals surface area contributed by atoms with Crippen molar-refractivity contribution in [1.82, 2.24) is 5.43 Å². The van der Waals surface area contributed by atoms with Gasteiger partial charge in [0.05, 0.1) is 32.6 Å². The quantitative estimate of drug-likeness (QED) is 0.0637. The van der Waals surface area contributed by atoms with Crippen LogP contribution in [0.2, 0.25) is 10.0 Å². The van der Waals surface area contributed by atoms with Crippen LogP contribution in [0.15, 0.2) is 82.4 Å². The molecule has 0 aliphatic rings. The normalized spacial score (nSPS) is 10.9. The summed E-state index contributed by atoms with van der Waals surface area (Å²) in [6, 6.07) is 19.4. The summed E-state index contributed by atoms with van der Waals surface area (Å²) in [6.45, 7) is 0. The minimum absolute atomic E-state index is 0.204. The summed E-state index contributed by atoms with van der Waals surface area (Å²) in [4.78, 5) is 39.0. The number of nitrogens with zero attached hydrogens (tertiary/aromatic N) is 1. The third-order valence-corrected chi connectivity index (χ3v) is 9.02. The van der Waals surface area contributed by atoms with Gasteiger partial charge in [0.25, 0.3) is 11.8 Å². The molecule has 1 heterocycles. The van der Waals surface area contributed by atoms with Crippen molar-refractivity contribution in [2.75, 3.05) is 26.6 Å². The van der Waals surface area contributed by atoms with E-state index in [4.69, 9.17) is 42.1 Å². The van der Waals surface area contributed by atoms with Crippen molar-refractivity contribution in [1.29, 1.82) is 0 Å². The smallest absolute Gasteiger partial charge is 0.355 e. The van der Waals surface area contributed by atoms with Crippen molar-refractivity contribution >= 4 is 90.2 Å². The molecular formula is C33H24BrCl2N3O7S. The predicted molar refractivity (Wildman–Crippen MR) is 186 cm³/mol. The molecule has 0 spiro atoms. The summed E-state index contributed by atoms with van der Waals surface area (Å²) in [5.74, 6) is -0.331. The fraction of sp³-hybridized carbons (Fsp3) is 0.0909. The van der Waals surface area contributed by atoms with Crippen LogP contribution in [-0.4, -0.2) is 45.3 Å². The van der Waals surface area contributed by atoms with Crippen molar-refractivity contribution in [3.8, 4) is 23.0 Å². The minimum atomic E-state index is -0.647. The van der Waals surface area contributed by atoms with E-state index in [9.17, 15) is 14.4 Å². The number of hydrogen-bond acceptors (Lipinski definition) is 9. The topological polar surface area (TPSA) is 125 Å². The van der Waals surface area contributed by atoms with Crippen molar-refractivity contribution in [2.45, 2.75) is 0 Å². The Balaban J connectivity index is 1.24. The molecule has 0 saturated carbocycles. The Kier molecular flexibility index (Phi) is 10.7. The second-order valence-corrected chi connectivity index (χ2v) is 12.4. The zero-order chi connectivity index (χ0) is 33.7. The third-order valence-electron chi connectivity index (χ3n) is 6.65. The number of rotatable bonds is 10. The number of ether oxygens (including phenoxy) is 4. The van der Waals surface area contributed by atoms with E-state index in [-0.39, 0.29) is 26.8 Å². The SMILES string of the molecule is COc1cc(C(=O)Nc2ccc(C(=O)N/N=C\c3cc(Br)ccc3OC(=O)c3sc4cc(Cl)ccc4c3Cl)cc2)cc(OC)c1OC. The Labute approximate surface area is 291 Å². The maximum atomic E-state index is 13.1. The molecule has 0 aliphatic heterocycles. The van der Waals surface area contributed by atoms with Crippen molar-refractivity contribution in [2.24, 2.45) is 5.10 Å². The number of esters is 1. The second kappa shape index (κ2) is 14.9. The average Bonchev–Trinajstić information content (AvgIpc) is 3.40. The molecule has 4 aromatic carbocycles. The molecule has 0 aliphatic carbocycles. The van der Waals surface area contributed by atoms with Gasteiger partial charge in [0.1, 0.15) is 10.6 Å². The van der Waals surface area contributed by atoms with Gasteiger partial charge in [0.2, 0.25) is 5.75 Å². The summed E-state index contributed by atoms with van der Waals surface area (Å²) in [6.07, 6.45) is 1.35. The molecule has 5 rings (SSSR count). The number of hydrazone groups is 1. The van der Waals surface area contributed by atoms with Gasteiger partial charge < -0.3 is 24.3 Å². The van der Waals surface area contributed by atoms with Gasteiger partial charge in [-0.05, 0) is 66.7 Å². The standard InChI is InChI=1S/C33H24BrCl2N3O7S/c1-43-25-13-18(14-26(44-2)29(25)45-3)31(40)38-22-8-4-17(5-9-22)32(41)39-37-16-19-12-20(34)6-11-24(19)46-33(42)30-28(36)23-10-7-21(35)15-27(23)47-30/h4-16H,1-3H3,(H,38,40)(H,39,41)/b37-16-. The third kappa shape index (κ3) is 7.68. The molecule has 10 nitrogen and oxygen atoms in total. The van der Waals surface area contributed by atoms with Gasteiger partial charge in [-0.1, -0.05) is 45.2 Å². The fourth-order valence-electron chi connectivity index (χ4n) is 4.38. The average molecular weight is 757 g/mol. The van der Waals surface area contributed by atoms with Crippen LogP contribution in [-0.2, 0) is 0 Å². The number of hydrogen-bond donors (Lipinski definition) is 2. The van der Waals surface area contributed by atoms with Crippen LogP contribution in [0.4, 0.5) is 5.69 Å². The lowest BCUT2D eigenvalue weighted by molar-refractivity contribution is 0.0739. The van der Waals surface area contributed by atoms with Crippen LogP contribution in [0, 0.1) is 0 Å². The molecule has 0 bridgehead atoms. The van der Waals surface area contributed by atoms with Gasteiger partial charge in [0.15, 0.2) is 11.5 Å². The van der Waals surface area contributed by atoms with E-state index in [0.29, 0.717) is 43.4 Å². The minimum Gasteiger partial charge on any atom is -0.493 e. The first-order chi connectivity index (χ1) is 22.6. The molecule has 240 valence electrons. The van der Waals surface area contributed by atoms with E-state index in [1.807, 2.05) is 0 Å². The summed E-state index contributed by atoms with van der Waals surface area (Å²) in [7, 11) is 4.39. The first kappa shape index (κ1) is 33.7. The van der Waals surface area contributed by atoms with E-state index < -0.39 is 17.8 Å². The van der Waals surface area contributed by atoms with Gasteiger partial charge in [-0.3, -0.25) is 9.59 Å². The molecule has 14 heteroatoms. The Morgan fingerprint density at radius 1 is 0.809 bits per heavy atom. The van der Waals surface area contributed by atoms with Gasteiger partial charge in [0, 0.05) is 42.0 Å². The zero-order valence-corrected chi connectivity index (χ0v) is 28.8. The van der Waals surface area contributed by atoms with Crippen molar-refractivity contribution in [3.05, 3.63) is 109 Å². The van der Waals surface area contributed by atoms with Gasteiger partial charge in [-0.25, -0.2) is 10.2 Å². The van der Waals surface area contributed by atoms with E-state index >= 15 is 0 Å². The number of anilines is 1. The lowest BCUT2D eigenvalue weighted by atomic mass is 10.1. The maximum Gasteiger partial charge on any atom is 0.355 e. The van der Waals surface area contributed by atoms with Crippen LogP contribution in [0.3, 0.4) is 0 Å². The highest BCUT2D eigenvalue weighted by molar-refractivity contribution is 9.10. The Bertz CT molecular complexity index is 2010. The number of methoxy groups -OCH3 is 3. The molecule has 0 saturated heterocycles. The lowest BCUT2D eigenvalue weighted by Gasteiger charge is -2.14. The largest absolute Gasteiger partial charge is 0.493 e. The molecule has 2 N–H and O–H groups in total. The van der Waals surface area contributed by atoms with Crippen molar-refractivity contribution in [3.63, 3.8) is 0 Å². The monoisotopic (exact) mass is 755 g/mol. The molecule has 47 heavy (non-hydrogen) atoms. The Hall–Kier alpha value is -4.62. The summed E-state index contributed by atoms with van der Waals surface area (Å²) in [5, 5.41) is 8.31. The van der Waals surface area contributed by atoms with Crippen LogP contribution in [0.5, 0.6) is 23.0 Å². The van der Waals surface area contributed by atoms with Crippen LogP contribution < -0.4 is 29.7 Å². The molecule has 2 amide bonds. The van der Waals surface area contributed by atoms with Gasteiger partial charge >= 0.3 is 5.97 Å². The predicted octanol–water partition coefficient (Wildman–Crippen LogP) is 8.23. The molecule has 0 atom stereocenters. The number of thiophene rings is 1.